The molecule has 1 saturated heterocycles. The molecule has 1 aliphatic heterocycles. The number of fused-ring (bicyclic) bond motifs is 1. The highest BCUT2D eigenvalue weighted by Gasteiger charge is 2.29. The number of amides is 2. The topological polar surface area (TPSA) is 88.9 Å². The molecule has 1 aliphatic rings. The molecule has 3 aromatic rings. The molecule has 0 saturated carbocycles. The number of nitrogens with zero attached hydrogens (tertiary/aromatic N) is 3. The third-order valence-electron chi connectivity index (χ3n) is 7.03. The van der Waals surface area contributed by atoms with E-state index in [1.807, 2.05) is 0 Å². The Hall–Kier alpha value is -3.72. The Labute approximate surface area is 224 Å². The van der Waals surface area contributed by atoms with Crippen molar-refractivity contribution in [2.75, 3.05) is 33.8 Å². The third-order valence-corrected chi connectivity index (χ3v) is 7.34. The lowest BCUT2D eigenvalue weighted by Crippen LogP contribution is -2.39. The predicted molar refractivity (Wildman–Crippen MR) is 141 cm³/mol. The number of aromatic nitrogens is 1. The highest BCUT2D eigenvalue weighted by Crippen LogP contribution is 2.31. The van der Waals surface area contributed by atoms with Crippen LogP contribution in [0.1, 0.15) is 39.1 Å². The average molecular weight is 542 g/mol. The van der Waals surface area contributed by atoms with Crippen molar-refractivity contribution in [3.8, 4) is 0 Å². The standard InChI is InChI=1S/C28H29ClFN3O5/c1-31-15-22(26(35)28(37)32(2)16-25(34)38-3)20-13-21(23(29)14-24(20)31)27(36)33-10-8-18(9-11-33)12-17-4-6-19(30)7-5-17/h4-7,13-15,18H,8-12,16H2,1-3H3. The number of carbonyl (C=O) groups excluding carboxylic acids is 4. The van der Waals surface area contributed by atoms with Gasteiger partial charge in [-0.05, 0) is 55.0 Å². The Kier molecular flexibility index (Phi) is 8.16. The fraction of sp³-hybridized carbons (Fsp3) is 0.357. The van der Waals surface area contributed by atoms with Gasteiger partial charge in [0, 0.05) is 38.8 Å². The van der Waals surface area contributed by atoms with E-state index in [-0.39, 0.29) is 34.4 Å². The summed E-state index contributed by atoms with van der Waals surface area (Å²) in [4.78, 5) is 53.4. The second-order valence-corrected chi connectivity index (χ2v) is 10.0. The van der Waals surface area contributed by atoms with E-state index in [0.717, 1.165) is 29.7 Å². The molecule has 0 radical (unpaired) electrons. The van der Waals surface area contributed by atoms with E-state index in [0.29, 0.717) is 29.9 Å². The molecule has 38 heavy (non-hydrogen) atoms. The normalized spacial score (nSPS) is 14.0. The lowest BCUT2D eigenvalue weighted by molar-refractivity contribution is -0.144. The van der Waals surface area contributed by atoms with Crippen molar-refractivity contribution in [1.29, 1.82) is 0 Å². The molecule has 200 valence electrons. The lowest BCUT2D eigenvalue weighted by Gasteiger charge is -2.32. The quantitative estimate of drug-likeness (QED) is 0.257. The predicted octanol–water partition coefficient (Wildman–Crippen LogP) is 3.88. The first kappa shape index (κ1) is 27.3. The summed E-state index contributed by atoms with van der Waals surface area (Å²) in [5.74, 6) is -2.43. The fourth-order valence-electron chi connectivity index (χ4n) is 4.83. The molecule has 0 atom stereocenters. The maximum absolute atomic E-state index is 13.4. The van der Waals surface area contributed by atoms with Crippen LogP contribution in [-0.4, -0.2) is 71.7 Å². The lowest BCUT2D eigenvalue weighted by atomic mass is 9.90. The second kappa shape index (κ2) is 11.3. The van der Waals surface area contributed by atoms with Crippen molar-refractivity contribution in [2.24, 2.45) is 13.0 Å². The molecule has 1 fully saturated rings. The van der Waals surface area contributed by atoms with Crippen molar-refractivity contribution < 1.29 is 28.3 Å². The van der Waals surface area contributed by atoms with Crippen molar-refractivity contribution in [3.05, 3.63) is 70.1 Å². The van der Waals surface area contributed by atoms with Crippen LogP contribution in [0.15, 0.2) is 42.6 Å². The zero-order valence-corrected chi connectivity index (χ0v) is 22.3. The van der Waals surface area contributed by atoms with E-state index in [4.69, 9.17) is 11.6 Å². The molecular formula is C28H29ClFN3O5. The van der Waals surface area contributed by atoms with Gasteiger partial charge in [-0.15, -0.1) is 0 Å². The molecule has 0 spiro atoms. The fourth-order valence-corrected chi connectivity index (χ4v) is 5.07. The van der Waals surface area contributed by atoms with E-state index in [9.17, 15) is 23.6 Å². The number of ketones is 1. The van der Waals surface area contributed by atoms with Crippen LogP contribution >= 0.6 is 11.6 Å². The number of benzene rings is 2. The summed E-state index contributed by atoms with van der Waals surface area (Å²) in [6, 6.07) is 9.67. The summed E-state index contributed by atoms with van der Waals surface area (Å²) in [5, 5.41) is 0.682. The van der Waals surface area contributed by atoms with E-state index in [1.165, 1.54) is 32.5 Å². The Balaban J connectivity index is 1.51. The van der Waals surface area contributed by atoms with Crippen LogP contribution < -0.4 is 0 Å². The van der Waals surface area contributed by atoms with Gasteiger partial charge in [0.1, 0.15) is 12.4 Å². The van der Waals surface area contributed by atoms with Gasteiger partial charge in [0.15, 0.2) is 0 Å². The molecule has 1 aromatic heterocycles. The minimum atomic E-state index is -0.867. The van der Waals surface area contributed by atoms with E-state index in [1.54, 1.807) is 40.8 Å². The molecule has 2 heterocycles. The zero-order valence-electron chi connectivity index (χ0n) is 21.5. The highest BCUT2D eigenvalue weighted by molar-refractivity contribution is 6.45. The van der Waals surface area contributed by atoms with Crippen molar-refractivity contribution in [1.82, 2.24) is 14.4 Å². The summed E-state index contributed by atoms with van der Waals surface area (Å²) in [7, 11) is 4.25. The molecule has 0 unspecified atom stereocenters. The van der Waals surface area contributed by atoms with Gasteiger partial charge in [-0.2, -0.15) is 0 Å². The maximum Gasteiger partial charge on any atom is 0.325 e. The SMILES string of the molecule is COC(=O)CN(C)C(=O)C(=O)c1cn(C)c2cc(Cl)c(C(=O)N3CCC(Cc4ccc(F)cc4)CC3)cc12. The number of Topliss-reactive ketones (excluding diaryl/α,β-unsaturated/α-hetero) is 1. The van der Waals surface area contributed by atoms with Crippen molar-refractivity contribution >= 4 is 46.1 Å². The number of carbonyl (C=O) groups is 4. The molecule has 0 N–H and O–H groups in total. The summed E-state index contributed by atoms with van der Waals surface area (Å²) in [6.45, 7) is 0.741. The average Bonchev–Trinajstić information content (AvgIpc) is 3.23. The third kappa shape index (κ3) is 5.72. The van der Waals surface area contributed by atoms with Crippen LogP contribution in [0.3, 0.4) is 0 Å². The number of likely N-dealkylation sites (tertiary alicyclic amines) is 1. The molecule has 2 amide bonds. The summed E-state index contributed by atoms with van der Waals surface area (Å²) in [5.41, 5.74) is 2.04. The largest absolute Gasteiger partial charge is 0.468 e. The van der Waals surface area contributed by atoms with E-state index in [2.05, 4.69) is 4.74 Å². The second-order valence-electron chi connectivity index (χ2n) is 9.64. The van der Waals surface area contributed by atoms with Gasteiger partial charge in [0.25, 0.3) is 17.6 Å². The van der Waals surface area contributed by atoms with Gasteiger partial charge < -0.3 is 19.1 Å². The number of likely N-dealkylation sites (N-methyl/N-ethyl adjacent to an activating group) is 1. The first-order valence-corrected chi connectivity index (χ1v) is 12.7. The number of hydrogen-bond acceptors (Lipinski definition) is 5. The Bertz CT molecular complexity index is 1390. The van der Waals surface area contributed by atoms with Crippen LogP contribution in [0, 0.1) is 11.7 Å². The minimum Gasteiger partial charge on any atom is -0.468 e. The molecule has 8 nitrogen and oxygen atoms in total. The van der Waals surface area contributed by atoms with Crippen LogP contribution in [0.5, 0.6) is 0 Å². The number of piperidine rings is 1. The minimum absolute atomic E-state index is 0.118. The van der Waals surface area contributed by atoms with Crippen molar-refractivity contribution in [3.63, 3.8) is 0 Å². The number of esters is 1. The Morgan fingerprint density at radius 3 is 2.37 bits per heavy atom. The van der Waals surface area contributed by atoms with Gasteiger partial charge in [-0.25, -0.2) is 4.39 Å². The Morgan fingerprint density at radius 2 is 1.74 bits per heavy atom. The maximum atomic E-state index is 13.4. The van der Waals surface area contributed by atoms with Crippen LogP contribution in [-0.2, 0) is 27.8 Å². The number of aryl methyl sites for hydroxylation is 1. The summed E-state index contributed by atoms with van der Waals surface area (Å²) in [6.07, 6.45) is 3.95. The molecule has 10 heteroatoms. The molecular weight excluding hydrogens is 513 g/mol. The van der Waals surface area contributed by atoms with Crippen LogP contribution in [0.25, 0.3) is 10.9 Å². The first-order chi connectivity index (χ1) is 18.1. The number of hydrogen-bond donors (Lipinski definition) is 0. The smallest absolute Gasteiger partial charge is 0.325 e. The first-order valence-electron chi connectivity index (χ1n) is 12.3. The zero-order chi connectivity index (χ0) is 27.6. The van der Waals surface area contributed by atoms with Crippen molar-refractivity contribution in [2.45, 2.75) is 19.3 Å². The number of rotatable bonds is 7. The van der Waals surface area contributed by atoms with Gasteiger partial charge in [-0.3, -0.25) is 19.2 Å². The van der Waals surface area contributed by atoms with Gasteiger partial charge in [-0.1, -0.05) is 23.7 Å². The highest BCUT2D eigenvalue weighted by atomic mass is 35.5. The van der Waals surface area contributed by atoms with Gasteiger partial charge in [0.2, 0.25) is 0 Å². The number of halogens is 2. The molecule has 2 aromatic carbocycles. The number of ether oxygens (including phenoxy) is 1. The summed E-state index contributed by atoms with van der Waals surface area (Å²) >= 11 is 6.51. The van der Waals surface area contributed by atoms with Crippen LogP contribution in [0.4, 0.5) is 4.39 Å². The van der Waals surface area contributed by atoms with Gasteiger partial charge >= 0.3 is 5.97 Å². The molecule has 0 aliphatic carbocycles. The molecule has 0 bridgehead atoms. The van der Waals surface area contributed by atoms with E-state index < -0.39 is 17.7 Å². The monoisotopic (exact) mass is 541 g/mol. The van der Waals surface area contributed by atoms with Crippen LogP contribution in [0.2, 0.25) is 5.02 Å². The Morgan fingerprint density at radius 1 is 1.08 bits per heavy atom. The van der Waals surface area contributed by atoms with Gasteiger partial charge in [0.05, 0.1) is 28.8 Å². The summed E-state index contributed by atoms with van der Waals surface area (Å²) < 4.78 is 19.4. The number of methoxy groups -OCH3 is 1. The van der Waals surface area contributed by atoms with E-state index >= 15 is 0 Å². The molecule has 4 rings (SSSR count).